The number of piperazine rings is 1. The molecule has 11 nitrogen and oxygen atoms in total. The molecule has 2 aromatic heterocycles. The number of nitrogens with zero attached hydrogens (tertiary/aromatic N) is 6. The third-order valence-electron chi connectivity index (χ3n) is 6.65. The lowest BCUT2D eigenvalue weighted by Crippen LogP contribution is -2.45. The minimum atomic E-state index is -4.65. The van der Waals surface area contributed by atoms with Gasteiger partial charge in [0.2, 0.25) is 5.95 Å². The highest BCUT2D eigenvalue weighted by Gasteiger charge is 2.33. The first-order valence-electron chi connectivity index (χ1n) is 12.4. The van der Waals surface area contributed by atoms with Gasteiger partial charge in [0.05, 0.1) is 5.56 Å². The number of fused-ring (bicyclic) bond motifs is 1. The summed E-state index contributed by atoms with van der Waals surface area (Å²) in [4.78, 5) is 35.0. The van der Waals surface area contributed by atoms with Crippen LogP contribution in [0.3, 0.4) is 0 Å². The number of anilines is 6. The van der Waals surface area contributed by atoms with Crippen LogP contribution in [0.2, 0.25) is 0 Å². The summed E-state index contributed by atoms with van der Waals surface area (Å²) in [5, 5.41) is 5.70. The summed E-state index contributed by atoms with van der Waals surface area (Å²) in [6.45, 7) is 5.04. The second-order valence-corrected chi connectivity index (χ2v) is 9.53. The summed E-state index contributed by atoms with van der Waals surface area (Å²) < 4.78 is 39.7. The van der Waals surface area contributed by atoms with Crippen molar-refractivity contribution in [2.45, 2.75) is 13.1 Å². The summed E-state index contributed by atoms with van der Waals surface area (Å²) in [7, 11) is 2.05. The highest BCUT2D eigenvalue weighted by Crippen LogP contribution is 2.35. The molecule has 1 aliphatic heterocycles. The number of carbonyl (C=O) groups is 1. The molecule has 0 atom stereocenters. The zero-order valence-electron chi connectivity index (χ0n) is 21.8. The minimum Gasteiger partial charge on any atom is -0.398 e. The van der Waals surface area contributed by atoms with E-state index in [1.165, 1.54) is 12.4 Å². The molecule has 0 aliphatic carbocycles. The van der Waals surface area contributed by atoms with E-state index in [1.807, 2.05) is 11.8 Å². The second-order valence-electron chi connectivity index (χ2n) is 9.53. The van der Waals surface area contributed by atoms with Crippen LogP contribution < -0.4 is 27.0 Å². The number of likely N-dealkylation sites (N-methyl/N-ethyl adjacent to an activating group) is 1. The van der Waals surface area contributed by atoms with Gasteiger partial charge in [-0.05, 0) is 49.9 Å². The molecule has 0 bridgehead atoms. The molecule has 3 heterocycles. The molecule has 0 saturated carbocycles. The average Bonchev–Trinajstić information content (AvgIpc) is 2.91. The first-order valence-corrected chi connectivity index (χ1v) is 12.4. The molecule has 40 heavy (non-hydrogen) atoms. The van der Waals surface area contributed by atoms with Crippen LogP contribution in [0.1, 0.15) is 21.5 Å². The zero-order chi connectivity index (χ0) is 28.6. The van der Waals surface area contributed by atoms with Gasteiger partial charge in [-0.15, -0.1) is 0 Å². The first-order chi connectivity index (χ1) is 19.0. The fourth-order valence-electron chi connectivity index (χ4n) is 4.31. The Bertz CT molecular complexity index is 1590. The fraction of sp³-hybridized carbons (Fsp3) is 0.269. The average molecular weight is 553 g/mol. The van der Waals surface area contributed by atoms with Crippen LogP contribution in [0.4, 0.5) is 47.8 Å². The number of carbonyl (C=O) groups excluding carboxylic acids is 1. The number of benzene rings is 2. The highest BCUT2D eigenvalue weighted by molar-refractivity contribution is 6.05. The Kier molecular flexibility index (Phi) is 7.02. The summed E-state index contributed by atoms with van der Waals surface area (Å²) in [6, 6.07) is 8.07. The molecule has 2 aromatic carbocycles. The monoisotopic (exact) mass is 552 g/mol. The number of amides is 1. The Morgan fingerprint density at radius 1 is 0.975 bits per heavy atom. The van der Waals surface area contributed by atoms with Crippen molar-refractivity contribution in [2.75, 3.05) is 60.2 Å². The van der Waals surface area contributed by atoms with E-state index < -0.39 is 23.3 Å². The molecule has 0 spiro atoms. The Morgan fingerprint density at radius 2 is 1.73 bits per heavy atom. The molecule has 1 fully saturated rings. The summed E-state index contributed by atoms with van der Waals surface area (Å²) in [6.07, 6.45) is -3.31. The lowest BCUT2D eigenvalue weighted by molar-refractivity contribution is -0.136. The number of aromatic nitrogens is 4. The van der Waals surface area contributed by atoms with Gasteiger partial charge in [0, 0.05) is 48.8 Å². The maximum absolute atomic E-state index is 13.2. The smallest absolute Gasteiger partial charge is 0.398 e. The van der Waals surface area contributed by atoms with Crippen molar-refractivity contribution in [1.82, 2.24) is 24.8 Å². The van der Waals surface area contributed by atoms with Crippen molar-refractivity contribution >= 4 is 51.6 Å². The van der Waals surface area contributed by atoms with E-state index in [1.54, 1.807) is 18.2 Å². The van der Waals surface area contributed by atoms with Gasteiger partial charge in [-0.1, -0.05) is 6.07 Å². The van der Waals surface area contributed by atoms with Crippen molar-refractivity contribution in [2.24, 2.45) is 0 Å². The molecular formula is C26H27F3N10O. The van der Waals surface area contributed by atoms with E-state index in [-0.39, 0.29) is 17.1 Å². The van der Waals surface area contributed by atoms with Crippen LogP contribution in [0.15, 0.2) is 42.7 Å². The molecule has 5 rings (SSSR count). The first kappa shape index (κ1) is 26.9. The van der Waals surface area contributed by atoms with Crippen molar-refractivity contribution in [3.05, 3.63) is 59.4 Å². The number of halogens is 3. The van der Waals surface area contributed by atoms with E-state index >= 15 is 0 Å². The predicted molar refractivity (Wildman–Crippen MR) is 148 cm³/mol. The summed E-state index contributed by atoms with van der Waals surface area (Å²) >= 11 is 0. The van der Waals surface area contributed by atoms with Crippen LogP contribution in [-0.2, 0) is 6.18 Å². The standard InChI is InChI=1S/C26H27F3N10O/c1-14-3-4-15(24(40)34-16-5-6-18(30)17(12-16)26(27,28)29)11-19(14)35-23-21-20(32-13-33-23)22(31)37-25(36-21)39-9-7-38(2)8-10-39/h3-6,11-13H,7-10,30H2,1-2H3,(H,34,40)(H2,31,36,37)(H,32,33,35). The Labute approximate surface area is 227 Å². The topological polar surface area (TPSA) is 151 Å². The van der Waals surface area contributed by atoms with Crippen molar-refractivity contribution in [1.29, 1.82) is 0 Å². The van der Waals surface area contributed by atoms with Gasteiger partial charge >= 0.3 is 6.18 Å². The molecule has 6 N–H and O–H groups in total. The molecular weight excluding hydrogens is 525 g/mol. The maximum atomic E-state index is 13.2. The SMILES string of the molecule is Cc1ccc(C(=O)Nc2ccc(N)c(C(F)(F)F)c2)cc1Nc1ncnc2c(N)nc(N3CCN(C)CC3)nc12. The number of nitrogens with two attached hydrogens (primary N) is 2. The molecule has 0 radical (unpaired) electrons. The summed E-state index contributed by atoms with van der Waals surface area (Å²) in [5.74, 6) is 0.458. The Balaban J connectivity index is 1.43. The van der Waals surface area contributed by atoms with Crippen molar-refractivity contribution < 1.29 is 18.0 Å². The van der Waals surface area contributed by atoms with Crippen LogP contribution in [0.25, 0.3) is 11.0 Å². The molecule has 1 amide bonds. The Morgan fingerprint density at radius 3 is 2.45 bits per heavy atom. The zero-order valence-corrected chi connectivity index (χ0v) is 21.8. The molecule has 1 aliphatic rings. The van der Waals surface area contributed by atoms with Gasteiger partial charge in [0.25, 0.3) is 5.91 Å². The minimum absolute atomic E-state index is 0.0352. The van der Waals surface area contributed by atoms with Gasteiger partial charge < -0.3 is 31.9 Å². The highest BCUT2D eigenvalue weighted by atomic mass is 19.4. The normalized spacial score (nSPS) is 14.4. The van der Waals surface area contributed by atoms with Crippen LogP contribution >= 0.6 is 0 Å². The number of hydrogen-bond acceptors (Lipinski definition) is 10. The molecule has 208 valence electrons. The van der Waals surface area contributed by atoms with Crippen LogP contribution in [-0.4, -0.2) is 64.0 Å². The second kappa shape index (κ2) is 10.4. The lowest BCUT2D eigenvalue weighted by Gasteiger charge is -2.32. The third-order valence-corrected chi connectivity index (χ3v) is 6.65. The van der Waals surface area contributed by atoms with E-state index in [0.29, 0.717) is 28.5 Å². The van der Waals surface area contributed by atoms with Crippen LogP contribution in [0, 0.1) is 6.92 Å². The van der Waals surface area contributed by atoms with Gasteiger partial charge in [-0.3, -0.25) is 4.79 Å². The molecule has 1 saturated heterocycles. The van der Waals surface area contributed by atoms with Gasteiger partial charge in [-0.25, -0.2) is 15.0 Å². The van der Waals surface area contributed by atoms with E-state index in [9.17, 15) is 18.0 Å². The number of rotatable bonds is 5. The van der Waals surface area contributed by atoms with Crippen molar-refractivity contribution in [3.8, 4) is 0 Å². The molecule has 14 heteroatoms. The third kappa shape index (κ3) is 5.52. The quantitative estimate of drug-likeness (QED) is 0.270. The van der Waals surface area contributed by atoms with Gasteiger partial charge in [-0.2, -0.15) is 18.2 Å². The Hall–Kier alpha value is -4.72. The number of aryl methyl sites for hydroxylation is 1. The van der Waals surface area contributed by atoms with Gasteiger partial charge in [0.15, 0.2) is 11.6 Å². The number of nitrogens with one attached hydrogen (secondary N) is 2. The number of hydrogen-bond donors (Lipinski definition) is 4. The summed E-state index contributed by atoms with van der Waals surface area (Å²) in [5.41, 5.74) is 12.5. The molecule has 4 aromatic rings. The van der Waals surface area contributed by atoms with E-state index in [2.05, 4.69) is 37.5 Å². The number of alkyl halides is 3. The van der Waals surface area contributed by atoms with Gasteiger partial charge in [0.1, 0.15) is 17.4 Å². The lowest BCUT2D eigenvalue weighted by atomic mass is 10.1. The largest absolute Gasteiger partial charge is 0.418 e. The number of nitrogen functional groups attached to an aromatic ring is 2. The molecule has 0 unspecified atom stereocenters. The maximum Gasteiger partial charge on any atom is 0.418 e. The van der Waals surface area contributed by atoms with E-state index in [0.717, 1.165) is 43.9 Å². The van der Waals surface area contributed by atoms with Crippen molar-refractivity contribution in [3.63, 3.8) is 0 Å². The predicted octanol–water partition coefficient (Wildman–Crippen LogP) is 3.66. The van der Waals surface area contributed by atoms with Crippen LogP contribution in [0.5, 0.6) is 0 Å². The fourth-order valence-corrected chi connectivity index (χ4v) is 4.31. The van der Waals surface area contributed by atoms with E-state index in [4.69, 9.17) is 16.5 Å².